The Bertz CT molecular complexity index is 865. The third-order valence-corrected chi connectivity index (χ3v) is 4.76. The number of anilines is 1. The second-order valence-corrected chi connectivity index (χ2v) is 6.42. The molecule has 3 aromatic rings. The number of rotatable bonds is 4. The fourth-order valence-electron chi connectivity index (χ4n) is 2.79. The lowest BCUT2D eigenvalue weighted by atomic mass is 10.0. The van der Waals surface area contributed by atoms with Gasteiger partial charge in [-0.25, -0.2) is 0 Å². The van der Waals surface area contributed by atoms with E-state index in [0.717, 1.165) is 27.2 Å². The number of hydrogen-bond donors (Lipinski definition) is 1. The molecule has 0 aliphatic carbocycles. The number of halogens is 1. The van der Waals surface area contributed by atoms with E-state index in [1.807, 2.05) is 24.3 Å². The van der Waals surface area contributed by atoms with Gasteiger partial charge in [0.05, 0.1) is 0 Å². The van der Waals surface area contributed by atoms with E-state index in [4.69, 9.17) is 9.47 Å². The molecular formula is C20H16BrNO2. The quantitative estimate of drug-likeness (QED) is 0.650. The highest BCUT2D eigenvalue weighted by atomic mass is 79.9. The van der Waals surface area contributed by atoms with Gasteiger partial charge in [0, 0.05) is 22.3 Å². The molecule has 0 saturated heterocycles. The smallest absolute Gasteiger partial charge is 0.231 e. The first-order chi connectivity index (χ1) is 11.8. The highest BCUT2D eigenvalue weighted by Crippen LogP contribution is 2.37. The van der Waals surface area contributed by atoms with Gasteiger partial charge in [0.25, 0.3) is 0 Å². The number of fused-ring (bicyclic) bond motifs is 1. The Morgan fingerprint density at radius 3 is 2.42 bits per heavy atom. The van der Waals surface area contributed by atoms with Crippen LogP contribution in [0.1, 0.15) is 5.56 Å². The van der Waals surface area contributed by atoms with Gasteiger partial charge in [0.2, 0.25) is 6.79 Å². The molecule has 0 amide bonds. The van der Waals surface area contributed by atoms with E-state index in [-0.39, 0.29) is 6.79 Å². The van der Waals surface area contributed by atoms with Crippen molar-refractivity contribution in [3.63, 3.8) is 0 Å². The molecule has 3 aromatic carbocycles. The van der Waals surface area contributed by atoms with Gasteiger partial charge in [-0.3, -0.25) is 0 Å². The molecule has 1 aliphatic heterocycles. The van der Waals surface area contributed by atoms with Crippen LogP contribution in [0.5, 0.6) is 11.5 Å². The number of nitrogens with one attached hydrogen (secondary N) is 1. The molecule has 120 valence electrons. The summed E-state index contributed by atoms with van der Waals surface area (Å²) in [4.78, 5) is 0. The first kappa shape index (κ1) is 15.1. The fraction of sp³-hybridized carbons (Fsp3) is 0.100. The number of hydrogen-bond acceptors (Lipinski definition) is 3. The van der Waals surface area contributed by atoms with E-state index >= 15 is 0 Å². The summed E-state index contributed by atoms with van der Waals surface area (Å²) in [7, 11) is 0. The molecular weight excluding hydrogens is 366 g/mol. The Morgan fingerprint density at radius 2 is 1.58 bits per heavy atom. The minimum Gasteiger partial charge on any atom is -0.454 e. The molecule has 1 N–H and O–H groups in total. The summed E-state index contributed by atoms with van der Waals surface area (Å²) in [6, 6.07) is 22.7. The predicted molar refractivity (Wildman–Crippen MR) is 99.5 cm³/mol. The number of benzene rings is 3. The molecule has 0 atom stereocenters. The van der Waals surface area contributed by atoms with E-state index in [2.05, 4.69) is 63.7 Å². The largest absolute Gasteiger partial charge is 0.454 e. The van der Waals surface area contributed by atoms with Gasteiger partial charge in [-0.15, -0.1) is 0 Å². The van der Waals surface area contributed by atoms with E-state index in [1.54, 1.807) is 0 Å². The maximum atomic E-state index is 5.47. The second kappa shape index (κ2) is 6.57. The Morgan fingerprint density at radius 1 is 0.875 bits per heavy atom. The van der Waals surface area contributed by atoms with Crippen LogP contribution in [0.25, 0.3) is 11.1 Å². The lowest BCUT2D eigenvalue weighted by Gasteiger charge is -2.13. The van der Waals surface area contributed by atoms with Crippen LogP contribution in [0.2, 0.25) is 0 Å². The lowest BCUT2D eigenvalue weighted by Crippen LogP contribution is -2.01. The van der Waals surface area contributed by atoms with Crippen molar-refractivity contribution < 1.29 is 9.47 Å². The Hall–Kier alpha value is -2.46. The van der Waals surface area contributed by atoms with Gasteiger partial charge >= 0.3 is 0 Å². The zero-order valence-electron chi connectivity index (χ0n) is 13.0. The number of para-hydroxylation sites is 1. The molecule has 0 saturated carbocycles. The maximum absolute atomic E-state index is 5.47. The summed E-state index contributed by atoms with van der Waals surface area (Å²) in [5.74, 6) is 1.58. The Labute approximate surface area is 149 Å². The van der Waals surface area contributed by atoms with Crippen molar-refractivity contribution >= 4 is 21.6 Å². The lowest BCUT2D eigenvalue weighted by molar-refractivity contribution is 0.174. The minimum atomic E-state index is 0.287. The second-order valence-electron chi connectivity index (χ2n) is 5.56. The molecule has 4 rings (SSSR count). The molecule has 4 heteroatoms. The van der Waals surface area contributed by atoms with Crippen molar-refractivity contribution in [2.75, 3.05) is 12.1 Å². The van der Waals surface area contributed by atoms with E-state index in [1.165, 1.54) is 11.1 Å². The first-order valence-electron chi connectivity index (χ1n) is 7.77. The Kier molecular flexibility index (Phi) is 4.13. The zero-order valence-corrected chi connectivity index (χ0v) is 14.5. The van der Waals surface area contributed by atoms with Crippen molar-refractivity contribution in [1.82, 2.24) is 0 Å². The van der Waals surface area contributed by atoms with Gasteiger partial charge in [-0.1, -0.05) is 64.5 Å². The summed E-state index contributed by atoms with van der Waals surface area (Å²) in [5, 5.41) is 3.53. The highest BCUT2D eigenvalue weighted by Gasteiger charge is 2.16. The van der Waals surface area contributed by atoms with Crippen molar-refractivity contribution in [2.24, 2.45) is 0 Å². The van der Waals surface area contributed by atoms with Crippen LogP contribution in [0.15, 0.2) is 71.2 Å². The van der Waals surface area contributed by atoms with Gasteiger partial charge in [0.15, 0.2) is 11.5 Å². The van der Waals surface area contributed by atoms with Crippen LogP contribution in [-0.2, 0) is 6.54 Å². The number of ether oxygens (including phenoxy) is 2. The molecule has 1 aliphatic rings. The molecule has 0 bridgehead atoms. The molecule has 0 aromatic heterocycles. The summed E-state index contributed by atoms with van der Waals surface area (Å²) in [6.07, 6.45) is 0. The summed E-state index contributed by atoms with van der Waals surface area (Å²) in [6.45, 7) is 0.983. The third kappa shape index (κ3) is 2.97. The third-order valence-electron chi connectivity index (χ3n) is 4.02. The van der Waals surface area contributed by atoms with Crippen LogP contribution in [0.4, 0.5) is 5.69 Å². The van der Waals surface area contributed by atoms with Crippen LogP contribution in [0, 0.1) is 0 Å². The van der Waals surface area contributed by atoms with Crippen LogP contribution in [0.3, 0.4) is 0 Å². The van der Waals surface area contributed by atoms with E-state index < -0.39 is 0 Å². The van der Waals surface area contributed by atoms with Crippen molar-refractivity contribution in [1.29, 1.82) is 0 Å². The maximum Gasteiger partial charge on any atom is 0.231 e. The van der Waals surface area contributed by atoms with Crippen LogP contribution < -0.4 is 14.8 Å². The molecule has 1 heterocycles. The molecule has 0 radical (unpaired) electrons. The highest BCUT2D eigenvalue weighted by molar-refractivity contribution is 9.10. The summed E-state index contributed by atoms with van der Waals surface area (Å²) in [5.41, 5.74) is 4.62. The topological polar surface area (TPSA) is 30.5 Å². The van der Waals surface area contributed by atoms with E-state index in [0.29, 0.717) is 6.54 Å². The van der Waals surface area contributed by atoms with Crippen LogP contribution >= 0.6 is 15.9 Å². The van der Waals surface area contributed by atoms with Crippen molar-refractivity contribution in [3.8, 4) is 22.6 Å². The molecule has 3 nitrogen and oxygen atoms in total. The fourth-order valence-corrected chi connectivity index (χ4v) is 3.25. The van der Waals surface area contributed by atoms with Crippen molar-refractivity contribution in [3.05, 3.63) is 76.8 Å². The summed E-state index contributed by atoms with van der Waals surface area (Å²) < 4.78 is 11.9. The van der Waals surface area contributed by atoms with Gasteiger partial charge < -0.3 is 14.8 Å². The SMILES string of the molecule is Brc1cc2c(cc1CNc1ccccc1-c1ccccc1)OCO2. The average molecular weight is 382 g/mol. The van der Waals surface area contributed by atoms with Crippen molar-refractivity contribution in [2.45, 2.75) is 6.54 Å². The molecule has 0 unspecified atom stereocenters. The van der Waals surface area contributed by atoms with Gasteiger partial charge in [-0.2, -0.15) is 0 Å². The zero-order chi connectivity index (χ0) is 16.4. The first-order valence-corrected chi connectivity index (χ1v) is 8.57. The summed E-state index contributed by atoms with van der Waals surface area (Å²) >= 11 is 3.61. The minimum absolute atomic E-state index is 0.287. The molecule has 0 spiro atoms. The standard InChI is InChI=1S/C20H16BrNO2/c21-17-11-20-19(23-13-24-20)10-15(17)12-22-18-9-5-4-8-16(18)14-6-2-1-3-7-14/h1-11,22H,12-13H2. The van der Waals surface area contributed by atoms with Crippen LogP contribution in [-0.4, -0.2) is 6.79 Å². The Balaban J connectivity index is 1.59. The molecule has 24 heavy (non-hydrogen) atoms. The predicted octanol–water partition coefficient (Wildman–Crippen LogP) is 5.46. The van der Waals surface area contributed by atoms with Gasteiger partial charge in [0.1, 0.15) is 0 Å². The molecule has 0 fully saturated rings. The van der Waals surface area contributed by atoms with E-state index in [9.17, 15) is 0 Å². The normalized spacial score (nSPS) is 12.2. The monoisotopic (exact) mass is 381 g/mol. The average Bonchev–Trinajstić information content (AvgIpc) is 3.08. The van der Waals surface area contributed by atoms with Gasteiger partial charge in [-0.05, 0) is 29.3 Å².